The van der Waals surface area contributed by atoms with Crippen LogP contribution in [0.4, 0.5) is 32.5 Å². The average Bonchev–Trinajstić information content (AvgIpc) is 4.05. The molecule has 9 rings (SSSR count). The highest BCUT2D eigenvalue weighted by molar-refractivity contribution is 7.49. The number of benzene rings is 3. The molecule has 3 N–H and O–H groups in total. The summed E-state index contributed by atoms with van der Waals surface area (Å²) in [5, 5.41) is 17.8. The van der Waals surface area contributed by atoms with E-state index in [1.54, 1.807) is 91.8 Å². The quantitative estimate of drug-likeness (QED) is 0.0838. The number of hydrogen-bond donors (Lipinski definition) is 3. The number of phosphoric acid groups is 1. The highest BCUT2D eigenvalue weighted by atomic mass is 32.1. The summed E-state index contributed by atoms with van der Waals surface area (Å²) in [6.07, 6.45) is 10.4. The molecule has 0 bridgehead atoms. The lowest BCUT2D eigenvalue weighted by Gasteiger charge is -2.20. The van der Waals surface area contributed by atoms with Gasteiger partial charge in [-0.2, -0.15) is 4.57 Å². The molecule has 9 aromatic rings. The second-order valence-electron chi connectivity index (χ2n) is 12.5. The van der Waals surface area contributed by atoms with Crippen LogP contribution in [0.3, 0.4) is 0 Å². The lowest BCUT2D eigenvalue weighted by atomic mass is 10.2. The highest BCUT2D eigenvalue weighted by Gasteiger charge is 2.34. The Bertz CT molecular complexity index is 2550. The summed E-state index contributed by atoms with van der Waals surface area (Å²) < 4.78 is 33.3. The molecule has 17 heteroatoms. The predicted molar refractivity (Wildman–Crippen MR) is 235 cm³/mol. The smallest absolute Gasteiger partial charge is 0.386 e. The summed E-state index contributed by atoms with van der Waals surface area (Å²) in [5.41, 5.74) is 7.30. The zero-order valence-electron chi connectivity index (χ0n) is 30.6. The van der Waals surface area contributed by atoms with Gasteiger partial charge in [-0.3, -0.25) is 15.0 Å². The van der Waals surface area contributed by atoms with Crippen LogP contribution in [0.2, 0.25) is 0 Å². The van der Waals surface area contributed by atoms with E-state index in [4.69, 9.17) is 28.5 Å². The van der Waals surface area contributed by atoms with E-state index in [0.717, 1.165) is 33.8 Å². The van der Waals surface area contributed by atoms with Crippen molar-refractivity contribution in [2.45, 2.75) is 0 Å². The molecule has 0 unspecified atom stereocenters. The van der Waals surface area contributed by atoms with E-state index in [1.165, 1.54) is 34.0 Å². The number of thiazole rings is 3. The standard InChI is InChI=1S/C42H30N9O4PS3/c52-56(53-34-7-1-4-31(22-34)46-40-49-37(25-57-40)28-10-16-43-17-11-28,54-35-8-2-5-32(23-35)47-41-50-38(26-58-41)29-12-18-44-19-13-29)55-36-9-3-6-33(24-36)48-42-51-39(27-59-42)30-14-20-45-21-15-30/h1-27H,(H,46,49)(H,47,50)(H,48,51). The lowest BCUT2D eigenvalue weighted by molar-refractivity contribution is 0.298. The van der Waals surface area contributed by atoms with Crippen molar-refractivity contribution in [3.05, 3.63) is 163 Å². The van der Waals surface area contributed by atoms with Crippen LogP contribution < -0.4 is 29.5 Å². The zero-order valence-corrected chi connectivity index (χ0v) is 33.9. The number of pyridine rings is 3. The van der Waals surface area contributed by atoms with Crippen LogP contribution >= 0.6 is 41.8 Å². The Morgan fingerprint density at radius 3 is 1.03 bits per heavy atom. The van der Waals surface area contributed by atoms with Crippen LogP contribution in [0.1, 0.15) is 0 Å². The van der Waals surface area contributed by atoms with Crippen LogP contribution in [0, 0.1) is 0 Å². The molecule has 0 radical (unpaired) electrons. The molecule has 0 fully saturated rings. The van der Waals surface area contributed by atoms with Crippen molar-refractivity contribution in [3.8, 4) is 51.0 Å². The van der Waals surface area contributed by atoms with Crippen molar-refractivity contribution < 1.29 is 18.1 Å². The third-order valence-corrected chi connectivity index (χ3v) is 11.9. The van der Waals surface area contributed by atoms with Crippen molar-refractivity contribution in [2.75, 3.05) is 16.0 Å². The minimum Gasteiger partial charge on any atom is -0.386 e. The Morgan fingerprint density at radius 2 is 0.729 bits per heavy atom. The Balaban J connectivity index is 0.960. The molecule has 0 aliphatic heterocycles. The first-order chi connectivity index (χ1) is 29.0. The zero-order chi connectivity index (χ0) is 39.9. The minimum absolute atomic E-state index is 0.241. The molecular weight excluding hydrogens is 822 g/mol. The lowest BCUT2D eigenvalue weighted by Crippen LogP contribution is -2.08. The summed E-state index contributed by atoms with van der Waals surface area (Å²) in [5.74, 6) is 0.724. The maximum absolute atomic E-state index is 14.8. The molecule has 0 aliphatic rings. The molecule has 0 saturated heterocycles. The number of nitrogens with one attached hydrogen (secondary N) is 3. The van der Waals surface area contributed by atoms with Gasteiger partial charge >= 0.3 is 7.82 Å². The SMILES string of the molecule is O=P(Oc1cccc(Nc2nc(-c3ccncc3)cs2)c1)(Oc1cccc(Nc2nc(-c3ccncc3)cs2)c1)Oc1cccc(Nc2nc(-c3ccncc3)cs2)c1. The normalized spacial score (nSPS) is 11.1. The van der Waals surface area contributed by atoms with E-state index >= 15 is 0 Å². The minimum atomic E-state index is -4.44. The van der Waals surface area contributed by atoms with Gasteiger partial charge in [0.15, 0.2) is 15.4 Å². The molecule has 59 heavy (non-hydrogen) atoms. The second kappa shape index (κ2) is 17.3. The largest absolute Gasteiger partial charge is 0.647 e. The number of hydrogen-bond acceptors (Lipinski definition) is 16. The third-order valence-electron chi connectivity index (χ3n) is 8.35. The molecule has 0 amide bonds. The maximum atomic E-state index is 14.8. The van der Waals surface area contributed by atoms with E-state index in [-0.39, 0.29) is 17.2 Å². The monoisotopic (exact) mass is 851 g/mol. The van der Waals surface area contributed by atoms with E-state index in [0.29, 0.717) is 32.5 Å². The van der Waals surface area contributed by atoms with Gasteiger partial charge in [0.2, 0.25) is 0 Å². The summed E-state index contributed by atoms with van der Waals surface area (Å²) in [4.78, 5) is 26.4. The van der Waals surface area contributed by atoms with E-state index in [1.807, 2.05) is 70.7 Å². The van der Waals surface area contributed by atoms with Crippen molar-refractivity contribution in [1.29, 1.82) is 0 Å². The first kappa shape index (κ1) is 37.6. The highest BCUT2D eigenvalue weighted by Crippen LogP contribution is 2.51. The first-order valence-electron chi connectivity index (χ1n) is 17.9. The van der Waals surface area contributed by atoms with E-state index in [2.05, 4.69) is 30.9 Å². The van der Waals surface area contributed by atoms with Gasteiger partial charge in [0.05, 0.1) is 17.1 Å². The molecule has 3 aromatic carbocycles. The van der Waals surface area contributed by atoms with Crippen molar-refractivity contribution in [2.24, 2.45) is 0 Å². The fourth-order valence-corrected chi connectivity index (χ4v) is 9.11. The second-order valence-corrected chi connectivity index (χ2v) is 16.5. The number of aromatic nitrogens is 6. The molecule has 0 atom stereocenters. The molecule has 0 spiro atoms. The van der Waals surface area contributed by atoms with E-state index in [9.17, 15) is 4.57 Å². The van der Waals surface area contributed by atoms with Gasteiger partial charge in [0, 0.05) is 105 Å². The Kier molecular flexibility index (Phi) is 11.0. The predicted octanol–water partition coefficient (Wildman–Crippen LogP) is 12.1. The Hall–Kier alpha value is -6.97. The van der Waals surface area contributed by atoms with Crippen LogP contribution in [0.25, 0.3) is 33.8 Å². The summed E-state index contributed by atoms with van der Waals surface area (Å²) in [6.45, 7) is 0. The topological polar surface area (TPSA) is 158 Å². The van der Waals surface area contributed by atoms with Crippen LogP contribution in [-0.2, 0) is 4.57 Å². The van der Waals surface area contributed by atoms with Gasteiger partial charge in [0.1, 0.15) is 17.2 Å². The van der Waals surface area contributed by atoms with Crippen molar-refractivity contribution in [1.82, 2.24) is 29.9 Å². The number of phosphoric ester groups is 1. The Labute approximate surface area is 350 Å². The van der Waals surface area contributed by atoms with E-state index < -0.39 is 7.82 Å². The summed E-state index contributed by atoms with van der Waals surface area (Å²) in [6, 6.07) is 32.4. The summed E-state index contributed by atoms with van der Waals surface area (Å²) >= 11 is 4.36. The van der Waals surface area contributed by atoms with Crippen LogP contribution in [0.5, 0.6) is 17.2 Å². The van der Waals surface area contributed by atoms with Gasteiger partial charge in [-0.1, -0.05) is 18.2 Å². The third kappa shape index (κ3) is 9.60. The van der Waals surface area contributed by atoms with Gasteiger partial charge in [-0.25, -0.2) is 15.0 Å². The fraction of sp³-hybridized carbons (Fsp3) is 0. The average molecular weight is 852 g/mol. The molecule has 6 heterocycles. The molecule has 0 aliphatic carbocycles. The number of rotatable bonds is 15. The molecule has 13 nitrogen and oxygen atoms in total. The van der Waals surface area contributed by atoms with Gasteiger partial charge in [-0.15, -0.1) is 34.0 Å². The van der Waals surface area contributed by atoms with Gasteiger partial charge in [0.25, 0.3) is 0 Å². The summed E-state index contributed by atoms with van der Waals surface area (Å²) in [7, 11) is -4.44. The first-order valence-corrected chi connectivity index (χ1v) is 22.0. The van der Waals surface area contributed by atoms with Crippen molar-refractivity contribution in [3.63, 3.8) is 0 Å². The molecule has 0 saturated carbocycles. The molecule has 6 aromatic heterocycles. The number of nitrogens with zero attached hydrogens (tertiary/aromatic N) is 6. The van der Waals surface area contributed by atoms with Gasteiger partial charge < -0.3 is 29.5 Å². The fourth-order valence-electron chi connectivity index (χ4n) is 5.66. The molecule has 290 valence electrons. The Morgan fingerprint density at radius 1 is 0.424 bits per heavy atom. The van der Waals surface area contributed by atoms with Gasteiger partial charge in [-0.05, 0) is 72.8 Å². The van der Waals surface area contributed by atoms with Crippen LogP contribution in [-0.4, -0.2) is 29.9 Å². The maximum Gasteiger partial charge on any atom is 0.647 e. The van der Waals surface area contributed by atoms with Crippen LogP contribution in [0.15, 0.2) is 163 Å². The number of anilines is 6. The molecular formula is C42H30N9O4PS3. The van der Waals surface area contributed by atoms with Crippen molar-refractivity contribution >= 4 is 74.3 Å².